The summed E-state index contributed by atoms with van der Waals surface area (Å²) in [6.45, 7) is 7.58. The maximum atomic E-state index is 14.5. The molecule has 2 heterocycles. The lowest BCUT2D eigenvalue weighted by molar-refractivity contribution is -0.149. The molecular formula is C37H52FN5O7S. The number of esters is 1. The van der Waals surface area contributed by atoms with Gasteiger partial charge >= 0.3 is 11.9 Å². The van der Waals surface area contributed by atoms with Gasteiger partial charge in [0.25, 0.3) is 5.91 Å². The minimum atomic E-state index is -1.03. The Bertz CT molecular complexity index is 1550. The SMILES string of the molecule is CC(=O)O[C@H](C[C@H](C(C)C)N(C)C(=O)[C@@H](NC(=O)[C@H]1CCCCN1C)C1CC1)c1nc(C(=O)N[C@@H](Cc2ccccc2F)C[C@H](C)C(=O)O)cs1. The summed E-state index contributed by atoms with van der Waals surface area (Å²) < 4.78 is 20.2. The minimum Gasteiger partial charge on any atom is -0.481 e. The number of carbonyl (C=O) groups is 5. The number of benzene rings is 1. The van der Waals surface area contributed by atoms with E-state index in [1.165, 1.54) is 25.3 Å². The van der Waals surface area contributed by atoms with Gasteiger partial charge in [0.05, 0.1) is 12.0 Å². The van der Waals surface area contributed by atoms with Crippen LogP contribution in [0, 0.1) is 23.6 Å². The normalized spacial score (nSPS) is 19.3. The number of carbonyl (C=O) groups excluding carboxylic acids is 4. The Morgan fingerprint density at radius 3 is 2.39 bits per heavy atom. The van der Waals surface area contributed by atoms with Crippen molar-refractivity contribution in [3.05, 3.63) is 51.7 Å². The van der Waals surface area contributed by atoms with Crippen molar-refractivity contribution in [2.45, 2.75) is 109 Å². The van der Waals surface area contributed by atoms with Crippen molar-refractivity contribution < 1.29 is 38.2 Å². The maximum absolute atomic E-state index is 14.5. The van der Waals surface area contributed by atoms with Crippen LogP contribution in [0.1, 0.15) is 99.8 Å². The van der Waals surface area contributed by atoms with E-state index in [0.717, 1.165) is 50.0 Å². The first-order valence-electron chi connectivity index (χ1n) is 17.8. The van der Waals surface area contributed by atoms with E-state index in [4.69, 9.17) is 4.74 Å². The number of thiazole rings is 1. The zero-order chi connectivity index (χ0) is 37.4. The standard InChI is InChI=1S/C37H52FN5O7S/c1-21(2)30(43(6)36(47)32(24-14-15-24)41-34(46)29-13-9-10-16-42(29)5)19-31(50-23(4)44)35-40-28(20-51-35)33(45)39-26(17-22(3)37(48)49)18-25-11-7-8-12-27(25)38/h7-8,11-12,20-22,24,26,29-32H,9-10,13-19H2,1-6H3,(H,39,45)(H,41,46)(H,48,49)/t22-,26+,29+,30+,31+,32-/m0/s1. The Morgan fingerprint density at radius 1 is 1.08 bits per heavy atom. The Hall–Kier alpha value is -3.91. The van der Waals surface area contributed by atoms with Gasteiger partial charge in [-0.1, -0.05) is 45.4 Å². The van der Waals surface area contributed by atoms with Crippen molar-refractivity contribution in [2.75, 3.05) is 20.6 Å². The number of likely N-dealkylation sites (N-methyl/N-ethyl adjacent to an activating group) is 2. The second-order valence-corrected chi connectivity index (χ2v) is 15.3. The van der Waals surface area contributed by atoms with Crippen LogP contribution in [-0.4, -0.2) is 94.4 Å². The van der Waals surface area contributed by atoms with Crippen molar-refractivity contribution in [1.29, 1.82) is 0 Å². The first-order chi connectivity index (χ1) is 24.2. The quantitative estimate of drug-likeness (QED) is 0.198. The molecule has 6 atom stereocenters. The number of nitrogens with one attached hydrogen (secondary N) is 2. The van der Waals surface area contributed by atoms with E-state index >= 15 is 0 Å². The molecule has 0 unspecified atom stereocenters. The van der Waals surface area contributed by atoms with E-state index in [2.05, 4.69) is 15.6 Å². The summed E-state index contributed by atoms with van der Waals surface area (Å²) in [7, 11) is 3.64. The van der Waals surface area contributed by atoms with Crippen LogP contribution in [-0.2, 0) is 30.3 Å². The van der Waals surface area contributed by atoms with Crippen molar-refractivity contribution in [1.82, 2.24) is 25.4 Å². The fraction of sp³-hybridized carbons (Fsp3) is 0.622. The smallest absolute Gasteiger partial charge is 0.306 e. The number of likely N-dealkylation sites (tertiary alicyclic amines) is 1. The third-order valence-electron chi connectivity index (χ3n) is 9.96. The Kier molecular flexibility index (Phi) is 14.1. The highest BCUT2D eigenvalue weighted by atomic mass is 32.1. The number of hydrogen-bond donors (Lipinski definition) is 3. The first-order valence-corrected chi connectivity index (χ1v) is 18.7. The molecule has 0 bridgehead atoms. The molecule has 3 amide bonds. The number of aromatic nitrogens is 1. The molecule has 3 N–H and O–H groups in total. The molecule has 2 aliphatic rings. The zero-order valence-electron chi connectivity index (χ0n) is 30.4. The van der Waals surface area contributed by atoms with E-state index in [0.29, 0.717) is 10.6 Å². The number of piperidine rings is 1. The van der Waals surface area contributed by atoms with Gasteiger partial charge in [-0.05, 0) is 75.6 Å². The Balaban J connectivity index is 1.49. The summed E-state index contributed by atoms with van der Waals surface area (Å²) in [6.07, 6.45) is 3.96. The van der Waals surface area contributed by atoms with Gasteiger partial charge in [-0.25, -0.2) is 9.37 Å². The van der Waals surface area contributed by atoms with Gasteiger partial charge in [-0.2, -0.15) is 0 Å². The highest BCUT2D eigenvalue weighted by molar-refractivity contribution is 7.09. The number of rotatable bonds is 17. The molecule has 0 spiro atoms. The zero-order valence-corrected chi connectivity index (χ0v) is 31.2. The molecule has 1 aliphatic carbocycles. The summed E-state index contributed by atoms with van der Waals surface area (Å²) in [5.74, 6) is -3.72. The lowest BCUT2D eigenvalue weighted by Crippen LogP contribution is -2.56. The van der Waals surface area contributed by atoms with Crippen molar-refractivity contribution in [2.24, 2.45) is 17.8 Å². The molecule has 1 aliphatic heterocycles. The molecule has 1 aromatic carbocycles. The van der Waals surface area contributed by atoms with Crippen LogP contribution in [0.4, 0.5) is 4.39 Å². The van der Waals surface area contributed by atoms with Crippen LogP contribution in [0.5, 0.6) is 0 Å². The lowest BCUT2D eigenvalue weighted by Gasteiger charge is -2.37. The third kappa shape index (κ3) is 11.0. The van der Waals surface area contributed by atoms with Crippen molar-refractivity contribution in [3.8, 4) is 0 Å². The van der Waals surface area contributed by atoms with E-state index in [-0.39, 0.29) is 54.6 Å². The fourth-order valence-electron chi connectivity index (χ4n) is 6.80. The number of amides is 3. The molecule has 280 valence electrons. The largest absolute Gasteiger partial charge is 0.481 e. The van der Waals surface area contributed by atoms with Crippen LogP contribution >= 0.6 is 11.3 Å². The van der Waals surface area contributed by atoms with Crippen LogP contribution < -0.4 is 10.6 Å². The van der Waals surface area contributed by atoms with E-state index in [1.54, 1.807) is 30.1 Å². The van der Waals surface area contributed by atoms with Gasteiger partial charge in [0.1, 0.15) is 22.6 Å². The molecule has 1 aromatic heterocycles. The molecule has 14 heteroatoms. The topological polar surface area (TPSA) is 158 Å². The monoisotopic (exact) mass is 729 g/mol. The summed E-state index contributed by atoms with van der Waals surface area (Å²) >= 11 is 1.13. The fourth-order valence-corrected chi connectivity index (χ4v) is 7.63. The van der Waals surface area contributed by atoms with Gasteiger partial charge in [0.15, 0.2) is 6.10 Å². The van der Waals surface area contributed by atoms with Crippen LogP contribution in [0.3, 0.4) is 0 Å². The highest BCUT2D eigenvalue weighted by Gasteiger charge is 2.42. The van der Waals surface area contributed by atoms with E-state index < -0.39 is 53.8 Å². The first kappa shape index (κ1) is 39.9. The summed E-state index contributed by atoms with van der Waals surface area (Å²) in [5.41, 5.74) is 0.390. The second kappa shape index (κ2) is 18.0. The number of halogens is 1. The van der Waals surface area contributed by atoms with Gasteiger partial charge < -0.3 is 25.4 Å². The van der Waals surface area contributed by atoms with E-state index in [1.807, 2.05) is 25.8 Å². The summed E-state index contributed by atoms with van der Waals surface area (Å²) in [5, 5.41) is 17.3. The summed E-state index contributed by atoms with van der Waals surface area (Å²) in [6, 6.07) is 4.12. The molecule has 0 radical (unpaired) electrons. The number of ether oxygens (including phenoxy) is 1. The average Bonchev–Trinajstić information content (AvgIpc) is 3.80. The third-order valence-corrected chi connectivity index (χ3v) is 10.9. The molecule has 2 fully saturated rings. The number of nitrogens with zero attached hydrogens (tertiary/aromatic N) is 3. The predicted octanol–water partition coefficient (Wildman–Crippen LogP) is 4.59. The number of carboxylic acid groups (broad SMARTS) is 1. The van der Waals surface area contributed by atoms with Crippen LogP contribution in [0.2, 0.25) is 0 Å². The number of hydrogen-bond acceptors (Lipinski definition) is 9. The van der Waals surface area contributed by atoms with Crippen LogP contribution in [0.15, 0.2) is 29.6 Å². The number of carboxylic acids is 1. The Labute approximate surface area is 303 Å². The summed E-state index contributed by atoms with van der Waals surface area (Å²) in [4.78, 5) is 72.9. The molecule has 2 aromatic rings. The molecule has 1 saturated heterocycles. The Morgan fingerprint density at radius 2 is 1.78 bits per heavy atom. The van der Waals surface area contributed by atoms with Gasteiger partial charge in [0.2, 0.25) is 11.8 Å². The second-order valence-electron chi connectivity index (χ2n) is 14.4. The van der Waals surface area contributed by atoms with Gasteiger partial charge in [-0.3, -0.25) is 28.9 Å². The predicted molar refractivity (Wildman–Crippen MR) is 190 cm³/mol. The van der Waals surface area contributed by atoms with E-state index in [9.17, 15) is 33.5 Å². The molecule has 51 heavy (non-hydrogen) atoms. The minimum absolute atomic E-state index is 0.0448. The van der Waals surface area contributed by atoms with Crippen molar-refractivity contribution in [3.63, 3.8) is 0 Å². The van der Waals surface area contributed by atoms with Crippen LogP contribution in [0.25, 0.3) is 0 Å². The molecular weight excluding hydrogens is 678 g/mol. The molecule has 12 nitrogen and oxygen atoms in total. The lowest BCUT2D eigenvalue weighted by atomic mass is 9.95. The number of aliphatic carboxylic acids is 1. The molecule has 4 rings (SSSR count). The van der Waals surface area contributed by atoms with Crippen molar-refractivity contribution >= 4 is 41.0 Å². The highest BCUT2D eigenvalue weighted by Crippen LogP contribution is 2.36. The molecule has 1 saturated carbocycles. The van der Waals surface area contributed by atoms with Gasteiger partial charge in [0, 0.05) is 37.9 Å². The average molecular weight is 730 g/mol. The van der Waals surface area contributed by atoms with Gasteiger partial charge in [-0.15, -0.1) is 11.3 Å². The maximum Gasteiger partial charge on any atom is 0.306 e.